The van der Waals surface area contributed by atoms with E-state index >= 15 is 0 Å². The van der Waals surface area contributed by atoms with Gasteiger partial charge in [-0.2, -0.15) is 0 Å². The molecule has 0 aromatic carbocycles. The maximum absolute atomic E-state index is 12.6. The van der Waals surface area contributed by atoms with Crippen molar-refractivity contribution in [2.45, 2.75) is 39.2 Å². The quantitative estimate of drug-likeness (QED) is 0.845. The van der Waals surface area contributed by atoms with Gasteiger partial charge in [-0.1, -0.05) is 19.1 Å². The van der Waals surface area contributed by atoms with Crippen LogP contribution in [0.2, 0.25) is 0 Å². The number of allylic oxidation sites excluding steroid dienone is 1. The summed E-state index contributed by atoms with van der Waals surface area (Å²) in [5, 5.41) is 0. The van der Waals surface area contributed by atoms with Gasteiger partial charge in [-0.3, -0.25) is 4.79 Å². The Kier molecular flexibility index (Phi) is 4.47. The minimum absolute atomic E-state index is 0.0418. The Hall–Kier alpha value is -1.40. The molecular weight excluding hydrogens is 312 g/mol. The lowest BCUT2D eigenvalue weighted by Crippen LogP contribution is -2.49. The summed E-state index contributed by atoms with van der Waals surface area (Å²) in [6.45, 7) is 5.45. The third-order valence-electron chi connectivity index (χ3n) is 4.80. The van der Waals surface area contributed by atoms with Crippen LogP contribution in [-0.4, -0.2) is 36.1 Å². The fourth-order valence-electron chi connectivity index (χ4n) is 3.84. The molecule has 2 aliphatic rings. The number of hydrogen-bond donors (Lipinski definition) is 0. The first-order valence-corrected chi connectivity index (χ1v) is 9.91. The molecule has 0 radical (unpaired) electrons. The van der Waals surface area contributed by atoms with Crippen molar-refractivity contribution in [2.24, 2.45) is 5.92 Å². The van der Waals surface area contributed by atoms with E-state index in [0.29, 0.717) is 31.6 Å². The number of pyridine rings is 1. The highest BCUT2D eigenvalue weighted by Crippen LogP contribution is 2.36. The van der Waals surface area contributed by atoms with E-state index in [0.717, 1.165) is 12.1 Å². The van der Waals surface area contributed by atoms with E-state index < -0.39 is 10.0 Å². The summed E-state index contributed by atoms with van der Waals surface area (Å²) < 4.78 is 28.3. The van der Waals surface area contributed by atoms with Crippen LogP contribution in [-0.2, 0) is 16.6 Å². The Balaban J connectivity index is 1.95. The predicted octanol–water partition coefficient (Wildman–Crippen LogP) is 2.04. The number of nitrogens with zero attached hydrogens (tertiary/aromatic N) is 2. The van der Waals surface area contributed by atoms with E-state index in [4.69, 9.17) is 0 Å². The highest BCUT2D eigenvalue weighted by atomic mass is 32.2. The molecule has 6 heteroatoms. The Morgan fingerprint density at radius 3 is 2.74 bits per heavy atom. The normalized spacial score (nSPS) is 24.8. The molecule has 0 saturated carbocycles. The molecule has 5 nitrogen and oxygen atoms in total. The molecule has 0 N–H and O–H groups in total. The zero-order chi connectivity index (χ0) is 16.6. The summed E-state index contributed by atoms with van der Waals surface area (Å²) in [6, 6.07) is 3.85. The molecule has 2 aliphatic heterocycles. The predicted molar refractivity (Wildman–Crippen MR) is 91.9 cm³/mol. The van der Waals surface area contributed by atoms with Gasteiger partial charge >= 0.3 is 0 Å². The number of hydrogen-bond acceptors (Lipinski definition) is 3. The van der Waals surface area contributed by atoms with Crippen LogP contribution in [0.5, 0.6) is 0 Å². The summed E-state index contributed by atoms with van der Waals surface area (Å²) in [5.41, 5.74) is 1.72. The van der Waals surface area contributed by atoms with Crippen LogP contribution in [0.4, 0.5) is 0 Å². The smallest absolute Gasteiger partial charge is 0.258 e. The second kappa shape index (κ2) is 6.24. The molecule has 0 spiro atoms. The van der Waals surface area contributed by atoms with Gasteiger partial charge in [0, 0.05) is 36.8 Å². The van der Waals surface area contributed by atoms with E-state index in [1.54, 1.807) is 4.31 Å². The van der Waals surface area contributed by atoms with Crippen molar-refractivity contribution < 1.29 is 8.42 Å². The van der Waals surface area contributed by atoms with E-state index in [9.17, 15) is 13.2 Å². The third-order valence-corrected chi connectivity index (χ3v) is 6.81. The van der Waals surface area contributed by atoms with Crippen LogP contribution in [0.15, 0.2) is 23.0 Å². The molecule has 2 atom stereocenters. The average molecular weight is 336 g/mol. The highest BCUT2D eigenvalue weighted by molar-refractivity contribution is 7.89. The van der Waals surface area contributed by atoms with Gasteiger partial charge in [0.2, 0.25) is 10.0 Å². The van der Waals surface area contributed by atoms with Gasteiger partial charge in [0.05, 0.1) is 5.75 Å². The fraction of sp³-hybridized carbons (Fsp3) is 0.588. The van der Waals surface area contributed by atoms with Crippen LogP contribution in [0.25, 0.3) is 6.08 Å². The van der Waals surface area contributed by atoms with Gasteiger partial charge in [-0.05, 0) is 37.8 Å². The molecule has 0 amide bonds. The molecule has 3 heterocycles. The van der Waals surface area contributed by atoms with Gasteiger partial charge < -0.3 is 4.57 Å². The van der Waals surface area contributed by atoms with Crippen molar-refractivity contribution in [2.75, 3.05) is 18.8 Å². The fourth-order valence-corrected chi connectivity index (χ4v) is 5.46. The van der Waals surface area contributed by atoms with E-state index in [-0.39, 0.29) is 23.1 Å². The van der Waals surface area contributed by atoms with Crippen molar-refractivity contribution in [1.82, 2.24) is 8.87 Å². The molecule has 1 aromatic heterocycles. The second-order valence-electron chi connectivity index (χ2n) is 6.56. The van der Waals surface area contributed by atoms with Crippen LogP contribution in [0, 0.1) is 5.92 Å². The van der Waals surface area contributed by atoms with Crippen LogP contribution < -0.4 is 5.56 Å². The van der Waals surface area contributed by atoms with E-state index in [1.165, 1.54) is 0 Å². The summed E-state index contributed by atoms with van der Waals surface area (Å²) >= 11 is 0. The van der Waals surface area contributed by atoms with Crippen LogP contribution in [0.3, 0.4) is 0 Å². The summed E-state index contributed by atoms with van der Waals surface area (Å²) in [6.07, 6.45) is 5.31. The molecule has 23 heavy (non-hydrogen) atoms. The Morgan fingerprint density at radius 2 is 2.04 bits per heavy atom. The van der Waals surface area contributed by atoms with Crippen LogP contribution in [0.1, 0.15) is 43.9 Å². The largest absolute Gasteiger partial charge is 0.311 e. The van der Waals surface area contributed by atoms with E-state index in [1.807, 2.05) is 42.7 Å². The second-order valence-corrected chi connectivity index (χ2v) is 8.65. The molecule has 126 valence electrons. The topological polar surface area (TPSA) is 59.4 Å². The molecule has 2 bridgehead atoms. The van der Waals surface area contributed by atoms with Gasteiger partial charge in [-0.25, -0.2) is 12.7 Å². The number of sulfonamides is 1. The van der Waals surface area contributed by atoms with Crippen molar-refractivity contribution in [3.63, 3.8) is 0 Å². The zero-order valence-electron chi connectivity index (χ0n) is 13.7. The molecule has 1 saturated heterocycles. The van der Waals surface area contributed by atoms with Gasteiger partial charge in [0.25, 0.3) is 5.56 Å². The number of rotatable bonds is 4. The first-order valence-electron chi connectivity index (χ1n) is 8.30. The monoisotopic (exact) mass is 336 g/mol. The lowest BCUT2D eigenvalue weighted by atomic mass is 9.84. The van der Waals surface area contributed by atoms with Gasteiger partial charge in [-0.15, -0.1) is 0 Å². The molecule has 1 fully saturated rings. The molecule has 0 aliphatic carbocycles. The standard InChI is InChI=1S/C17H24N2O3S/c1-3-5-14-6-7-16-15-9-13(11-19(16)17(14)20)10-18(12-15)23(21,22)8-4-2/h3,5-7,13,15H,4,8-12H2,1-2H3/b5-3+/t13-,15+/m0/s1. The summed E-state index contributed by atoms with van der Waals surface area (Å²) in [7, 11) is -3.17. The highest BCUT2D eigenvalue weighted by Gasteiger charge is 2.38. The minimum Gasteiger partial charge on any atom is -0.311 e. The van der Waals surface area contributed by atoms with Crippen molar-refractivity contribution in [3.8, 4) is 0 Å². The van der Waals surface area contributed by atoms with Crippen molar-refractivity contribution >= 4 is 16.1 Å². The zero-order valence-corrected chi connectivity index (χ0v) is 14.6. The van der Waals surface area contributed by atoms with Crippen molar-refractivity contribution in [1.29, 1.82) is 0 Å². The maximum atomic E-state index is 12.6. The summed E-state index contributed by atoms with van der Waals surface area (Å²) in [5.74, 6) is 0.562. The third kappa shape index (κ3) is 3.02. The average Bonchev–Trinajstić information content (AvgIpc) is 2.50. The van der Waals surface area contributed by atoms with Gasteiger partial charge in [0.15, 0.2) is 0 Å². The molecular formula is C17H24N2O3S. The Bertz CT molecular complexity index is 780. The Morgan fingerprint density at radius 1 is 1.26 bits per heavy atom. The minimum atomic E-state index is -3.17. The molecule has 1 aromatic rings. The lowest BCUT2D eigenvalue weighted by molar-refractivity contribution is 0.186. The van der Waals surface area contributed by atoms with Crippen LogP contribution >= 0.6 is 0 Å². The molecule has 3 rings (SSSR count). The number of aromatic nitrogens is 1. The summed E-state index contributed by atoms with van der Waals surface area (Å²) in [4.78, 5) is 12.6. The maximum Gasteiger partial charge on any atom is 0.258 e. The number of piperidine rings is 1. The SMILES string of the molecule is C/C=C/c1ccc2n(c1=O)C[C@H]1C[C@@H]2CN(S(=O)(=O)CCC)C1. The Labute approximate surface area is 137 Å². The van der Waals surface area contributed by atoms with Crippen molar-refractivity contribution in [3.05, 3.63) is 39.8 Å². The lowest BCUT2D eigenvalue weighted by Gasteiger charge is -2.42. The van der Waals surface area contributed by atoms with Gasteiger partial charge in [0.1, 0.15) is 0 Å². The number of fused-ring (bicyclic) bond motifs is 4. The first-order chi connectivity index (χ1) is 11.0. The first kappa shape index (κ1) is 16.5. The van der Waals surface area contributed by atoms with E-state index in [2.05, 4.69) is 0 Å². The molecule has 0 unspecified atom stereocenters.